The molecule has 1 aliphatic rings. The third-order valence-corrected chi connectivity index (χ3v) is 4.33. The summed E-state index contributed by atoms with van der Waals surface area (Å²) in [6.45, 7) is 1.90. The van der Waals surface area contributed by atoms with Crippen LogP contribution in [0.4, 0.5) is 5.82 Å². The SMILES string of the molecule is C[C@@H]1C[C@@H](n2cnc3c(NBr)nc(Cl)nc32)[C@@H](O)C1O. The van der Waals surface area contributed by atoms with Gasteiger partial charge in [-0.25, -0.2) is 4.98 Å². The number of hydrogen-bond acceptors (Lipinski definition) is 6. The van der Waals surface area contributed by atoms with Gasteiger partial charge in [0.05, 0.1) is 18.5 Å². The van der Waals surface area contributed by atoms with E-state index >= 15 is 0 Å². The van der Waals surface area contributed by atoms with Crippen molar-refractivity contribution in [2.45, 2.75) is 31.6 Å². The van der Waals surface area contributed by atoms with Crippen molar-refractivity contribution < 1.29 is 10.2 Å². The summed E-state index contributed by atoms with van der Waals surface area (Å²) in [5, 5.41) is 20.1. The topological polar surface area (TPSA) is 96.1 Å². The van der Waals surface area contributed by atoms with Crippen molar-refractivity contribution in [2.75, 3.05) is 4.34 Å². The van der Waals surface area contributed by atoms with Crippen molar-refractivity contribution >= 4 is 44.7 Å². The minimum Gasteiger partial charge on any atom is -0.390 e. The lowest BCUT2D eigenvalue weighted by Crippen LogP contribution is -2.28. The average Bonchev–Trinajstić information content (AvgIpc) is 2.94. The largest absolute Gasteiger partial charge is 0.390 e. The summed E-state index contributed by atoms with van der Waals surface area (Å²) >= 11 is 8.99. The smallest absolute Gasteiger partial charge is 0.226 e. The molecule has 3 rings (SSSR count). The summed E-state index contributed by atoms with van der Waals surface area (Å²) in [5.41, 5.74) is 1.07. The number of halogens is 2. The maximum Gasteiger partial charge on any atom is 0.226 e. The average molecular weight is 363 g/mol. The Morgan fingerprint density at radius 2 is 2.15 bits per heavy atom. The molecule has 1 fully saturated rings. The first-order valence-corrected chi connectivity index (χ1v) is 7.33. The molecule has 2 aromatic rings. The molecule has 0 amide bonds. The second-order valence-corrected chi connectivity index (χ2v) is 5.76. The molecule has 0 aliphatic heterocycles. The molecular formula is C11H13BrClN5O2. The van der Waals surface area contributed by atoms with Gasteiger partial charge in [-0.3, -0.25) is 0 Å². The zero-order chi connectivity index (χ0) is 14.4. The fourth-order valence-electron chi connectivity index (χ4n) is 2.70. The normalized spacial score (nSPS) is 30.1. The predicted molar refractivity (Wildman–Crippen MR) is 77.7 cm³/mol. The minimum atomic E-state index is -0.850. The Kier molecular flexibility index (Phi) is 3.57. The van der Waals surface area contributed by atoms with Crippen molar-refractivity contribution in [1.82, 2.24) is 19.5 Å². The molecule has 2 aromatic heterocycles. The van der Waals surface area contributed by atoms with Gasteiger partial charge >= 0.3 is 0 Å². The fraction of sp³-hybridized carbons (Fsp3) is 0.545. The number of nitrogens with zero attached hydrogens (tertiary/aromatic N) is 4. The van der Waals surface area contributed by atoms with E-state index in [9.17, 15) is 10.2 Å². The van der Waals surface area contributed by atoms with Crippen LogP contribution in [0.5, 0.6) is 0 Å². The van der Waals surface area contributed by atoms with Crippen LogP contribution in [0.15, 0.2) is 6.33 Å². The van der Waals surface area contributed by atoms with Gasteiger partial charge in [0.1, 0.15) is 6.10 Å². The highest BCUT2D eigenvalue weighted by molar-refractivity contribution is 9.10. The van der Waals surface area contributed by atoms with E-state index < -0.39 is 12.2 Å². The van der Waals surface area contributed by atoms with Crippen LogP contribution >= 0.6 is 27.7 Å². The molecule has 0 aromatic carbocycles. The number of rotatable bonds is 2. The molecule has 4 atom stereocenters. The zero-order valence-electron chi connectivity index (χ0n) is 10.5. The lowest BCUT2D eigenvalue weighted by atomic mass is 10.1. The molecule has 1 aliphatic carbocycles. The molecule has 0 radical (unpaired) electrons. The molecule has 2 heterocycles. The second kappa shape index (κ2) is 5.10. The standard InChI is InChI=1S/C11H13BrClN5O2/c1-4-2-5(8(20)7(4)19)18-3-14-6-9(17-12)15-11(13)16-10(6)18/h3-5,7-8,19-20H,2H2,1H3,(H,15,16,17)/t4-,5-,7?,8-/m1/s1. The number of aliphatic hydroxyl groups is 2. The molecule has 108 valence electrons. The fourth-order valence-corrected chi connectivity index (χ4v) is 3.14. The Bertz CT molecular complexity index is 651. The van der Waals surface area contributed by atoms with E-state index in [1.807, 2.05) is 6.92 Å². The van der Waals surface area contributed by atoms with Crippen LogP contribution in [0, 0.1) is 5.92 Å². The van der Waals surface area contributed by atoms with Crippen LogP contribution in [-0.2, 0) is 0 Å². The Labute approximate surface area is 128 Å². The van der Waals surface area contributed by atoms with E-state index in [0.717, 1.165) is 0 Å². The monoisotopic (exact) mass is 361 g/mol. The maximum atomic E-state index is 10.2. The van der Waals surface area contributed by atoms with Gasteiger partial charge in [-0.2, -0.15) is 9.97 Å². The van der Waals surface area contributed by atoms with E-state index in [0.29, 0.717) is 23.4 Å². The molecule has 0 saturated heterocycles. The van der Waals surface area contributed by atoms with Crippen molar-refractivity contribution in [3.05, 3.63) is 11.6 Å². The van der Waals surface area contributed by atoms with E-state index in [1.165, 1.54) is 0 Å². The summed E-state index contributed by atoms with van der Waals surface area (Å²) in [4.78, 5) is 12.4. The van der Waals surface area contributed by atoms with Crippen molar-refractivity contribution in [1.29, 1.82) is 0 Å². The summed E-state index contributed by atoms with van der Waals surface area (Å²) in [6.07, 6.45) is 0.634. The summed E-state index contributed by atoms with van der Waals surface area (Å²) in [6, 6.07) is -0.279. The molecule has 20 heavy (non-hydrogen) atoms. The first kappa shape index (κ1) is 14.0. The van der Waals surface area contributed by atoms with Crippen LogP contribution in [-0.4, -0.2) is 41.9 Å². The van der Waals surface area contributed by atoms with Gasteiger partial charge in [0.15, 0.2) is 17.0 Å². The number of hydrogen-bond donors (Lipinski definition) is 3. The number of aliphatic hydroxyl groups excluding tert-OH is 2. The molecule has 9 heteroatoms. The Morgan fingerprint density at radius 1 is 1.40 bits per heavy atom. The van der Waals surface area contributed by atoms with Crippen molar-refractivity contribution in [3.63, 3.8) is 0 Å². The van der Waals surface area contributed by atoms with E-state index in [1.54, 1.807) is 10.9 Å². The van der Waals surface area contributed by atoms with Gasteiger partial charge in [-0.1, -0.05) is 6.92 Å². The molecule has 1 saturated carbocycles. The quantitative estimate of drug-likeness (QED) is 0.553. The first-order chi connectivity index (χ1) is 9.52. The second-order valence-electron chi connectivity index (χ2n) is 5.02. The number of anilines is 1. The highest BCUT2D eigenvalue weighted by Crippen LogP contribution is 2.37. The lowest BCUT2D eigenvalue weighted by Gasteiger charge is -2.18. The van der Waals surface area contributed by atoms with Crippen LogP contribution in [0.25, 0.3) is 11.2 Å². The molecule has 3 N–H and O–H groups in total. The zero-order valence-corrected chi connectivity index (χ0v) is 12.9. The van der Waals surface area contributed by atoms with Crippen LogP contribution in [0.2, 0.25) is 5.28 Å². The molecule has 0 bridgehead atoms. The summed E-state index contributed by atoms with van der Waals surface area (Å²) < 4.78 is 4.48. The highest BCUT2D eigenvalue weighted by Gasteiger charge is 2.40. The van der Waals surface area contributed by atoms with Crippen LogP contribution in [0.1, 0.15) is 19.4 Å². The predicted octanol–water partition coefficient (Wildman–Crippen LogP) is 1.50. The third kappa shape index (κ3) is 2.07. The van der Waals surface area contributed by atoms with Gasteiger partial charge in [0, 0.05) is 16.1 Å². The Balaban J connectivity index is 2.11. The molecular weight excluding hydrogens is 350 g/mol. The van der Waals surface area contributed by atoms with Gasteiger partial charge in [0.25, 0.3) is 0 Å². The van der Waals surface area contributed by atoms with Gasteiger partial charge in [0.2, 0.25) is 5.28 Å². The Morgan fingerprint density at radius 3 is 2.75 bits per heavy atom. The van der Waals surface area contributed by atoms with Crippen LogP contribution < -0.4 is 4.34 Å². The van der Waals surface area contributed by atoms with E-state index in [2.05, 4.69) is 35.4 Å². The molecule has 0 spiro atoms. The third-order valence-electron chi connectivity index (χ3n) is 3.78. The number of imidazole rings is 1. The number of nitrogens with one attached hydrogen (secondary N) is 1. The van der Waals surface area contributed by atoms with Crippen molar-refractivity contribution in [3.8, 4) is 0 Å². The Hall–Kier alpha value is -0.960. The van der Waals surface area contributed by atoms with Crippen molar-refractivity contribution in [2.24, 2.45) is 5.92 Å². The lowest BCUT2D eigenvalue weighted by molar-refractivity contribution is 0.00964. The van der Waals surface area contributed by atoms with E-state index in [-0.39, 0.29) is 17.2 Å². The van der Waals surface area contributed by atoms with Gasteiger partial charge in [-0.05, 0) is 23.9 Å². The van der Waals surface area contributed by atoms with Crippen LogP contribution in [0.3, 0.4) is 0 Å². The number of aromatic nitrogens is 4. The summed E-state index contributed by atoms with van der Waals surface area (Å²) in [7, 11) is 0. The minimum absolute atomic E-state index is 0.0125. The number of fused-ring (bicyclic) bond motifs is 1. The highest BCUT2D eigenvalue weighted by atomic mass is 79.9. The van der Waals surface area contributed by atoms with E-state index in [4.69, 9.17) is 11.6 Å². The maximum absolute atomic E-state index is 10.2. The first-order valence-electron chi connectivity index (χ1n) is 6.15. The molecule has 1 unspecified atom stereocenters. The summed E-state index contributed by atoms with van der Waals surface area (Å²) in [5.74, 6) is 0.471. The van der Waals surface area contributed by atoms with Gasteiger partial charge < -0.3 is 19.1 Å². The van der Waals surface area contributed by atoms with Gasteiger partial charge in [-0.15, -0.1) is 0 Å². The molecule has 7 nitrogen and oxygen atoms in total.